The first-order valence-corrected chi connectivity index (χ1v) is 7.42. The van der Waals surface area contributed by atoms with E-state index in [-0.39, 0.29) is 16.7 Å². The maximum absolute atomic E-state index is 13.5. The highest BCUT2D eigenvalue weighted by Crippen LogP contribution is 2.26. The molecule has 1 aliphatic heterocycles. The van der Waals surface area contributed by atoms with Crippen LogP contribution in [-0.4, -0.2) is 27.4 Å². The third-order valence-corrected chi connectivity index (χ3v) is 4.10. The Morgan fingerprint density at radius 2 is 1.68 bits per heavy atom. The van der Waals surface area contributed by atoms with Crippen LogP contribution < -0.4 is 0 Å². The van der Waals surface area contributed by atoms with Crippen molar-refractivity contribution in [2.75, 3.05) is 0 Å². The van der Waals surface area contributed by atoms with Gasteiger partial charge in [0, 0.05) is 24.1 Å². The van der Waals surface area contributed by atoms with E-state index in [0.717, 1.165) is 0 Å². The summed E-state index contributed by atoms with van der Waals surface area (Å²) in [6, 6.07) is 10.2. The molecule has 0 saturated carbocycles. The van der Waals surface area contributed by atoms with Gasteiger partial charge in [-0.3, -0.25) is 9.59 Å². The predicted octanol–water partition coefficient (Wildman–Crippen LogP) is 2.69. The van der Waals surface area contributed by atoms with Crippen molar-refractivity contribution < 1.29 is 23.6 Å². The third kappa shape index (κ3) is 2.20. The van der Waals surface area contributed by atoms with Gasteiger partial charge >= 0.3 is 5.97 Å². The number of imide groups is 1. The van der Waals surface area contributed by atoms with Gasteiger partial charge in [-0.15, -0.1) is 0 Å². The fourth-order valence-electron chi connectivity index (χ4n) is 2.91. The predicted molar refractivity (Wildman–Crippen MR) is 85.2 cm³/mol. The molecule has 124 valence electrons. The zero-order chi connectivity index (χ0) is 17.7. The molecule has 2 aromatic carbocycles. The van der Waals surface area contributed by atoms with Crippen molar-refractivity contribution in [2.45, 2.75) is 0 Å². The van der Waals surface area contributed by atoms with E-state index in [1.807, 2.05) is 0 Å². The molecule has 3 aromatic rings. The molecule has 0 bridgehead atoms. The number of hydrogen-bond acceptors (Lipinski definition) is 4. The van der Waals surface area contributed by atoms with Gasteiger partial charge in [0.05, 0.1) is 16.7 Å². The van der Waals surface area contributed by atoms with Crippen molar-refractivity contribution in [1.82, 2.24) is 9.63 Å². The van der Waals surface area contributed by atoms with Crippen molar-refractivity contribution in [3.8, 4) is 0 Å². The zero-order valence-corrected chi connectivity index (χ0v) is 13.0. The first-order chi connectivity index (χ1) is 12.0. The highest BCUT2D eigenvalue weighted by atomic mass is 19.1. The highest BCUT2D eigenvalue weighted by Gasteiger charge is 2.39. The van der Waals surface area contributed by atoms with E-state index in [1.54, 1.807) is 23.7 Å². The lowest BCUT2D eigenvalue weighted by Gasteiger charge is -2.12. The Balaban J connectivity index is 1.69. The van der Waals surface area contributed by atoms with Crippen LogP contribution in [0.1, 0.15) is 31.1 Å². The molecule has 0 atom stereocenters. The van der Waals surface area contributed by atoms with Crippen LogP contribution >= 0.6 is 0 Å². The van der Waals surface area contributed by atoms with Gasteiger partial charge in [-0.1, -0.05) is 17.2 Å². The van der Waals surface area contributed by atoms with Crippen molar-refractivity contribution in [1.29, 1.82) is 0 Å². The largest absolute Gasteiger partial charge is 0.366 e. The molecule has 2 heterocycles. The molecule has 25 heavy (non-hydrogen) atoms. The van der Waals surface area contributed by atoms with Crippen LogP contribution in [-0.2, 0) is 11.9 Å². The molecule has 0 spiro atoms. The molecule has 4 rings (SSSR count). The summed E-state index contributed by atoms with van der Waals surface area (Å²) in [5.41, 5.74) is 1.03. The monoisotopic (exact) mass is 338 g/mol. The second-order valence-corrected chi connectivity index (χ2v) is 5.64. The molecular formula is C18H11FN2O4. The van der Waals surface area contributed by atoms with Crippen molar-refractivity contribution >= 4 is 28.7 Å². The Labute approximate surface area is 141 Å². The lowest BCUT2D eigenvalue weighted by molar-refractivity contribution is -0.0583. The molecule has 6 nitrogen and oxygen atoms in total. The number of fused-ring (bicyclic) bond motifs is 2. The lowest BCUT2D eigenvalue weighted by atomic mass is 10.1. The van der Waals surface area contributed by atoms with Gasteiger partial charge in [0.25, 0.3) is 11.8 Å². The maximum atomic E-state index is 13.5. The maximum Gasteiger partial charge on any atom is 0.366 e. The molecule has 0 radical (unpaired) electrons. The van der Waals surface area contributed by atoms with Gasteiger partial charge in [-0.05, 0) is 30.3 Å². The number of aryl methyl sites for hydroxylation is 1. The van der Waals surface area contributed by atoms with E-state index in [2.05, 4.69) is 0 Å². The van der Waals surface area contributed by atoms with Crippen LogP contribution in [0.25, 0.3) is 10.9 Å². The standard InChI is InChI=1S/C18H11FN2O4/c1-20-9-14(13-8-10(19)6-7-15(13)20)18(24)25-21-16(22)11-4-2-3-5-12(11)17(21)23/h2-9H,1H3. The summed E-state index contributed by atoms with van der Waals surface area (Å²) in [6.07, 6.45) is 1.46. The van der Waals surface area contributed by atoms with Crippen LogP contribution in [0.3, 0.4) is 0 Å². The average molecular weight is 338 g/mol. The summed E-state index contributed by atoms with van der Waals surface area (Å²) in [4.78, 5) is 42.0. The first kappa shape index (κ1) is 15.1. The van der Waals surface area contributed by atoms with E-state index >= 15 is 0 Å². The quantitative estimate of drug-likeness (QED) is 0.674. The van der Waals surface area contributed by atoms with Crippen LogP contribution in [0, 0.1) is 5.82 Å². The molecule has 0 aliphatic carbocycles. The summed E-state index contributed by atoms with van der Waals surface area (Å²) >= 11 is 0. The SMILES string of the molecule is Cn1cc(C(=O)ON2C(=O)c3ccccc3C2=O)c2cc(F)ccc21. The van der Waals surface area contributed by atoms with Crippen LogP contribution in [0.5, 0.6) is 0 Å². The van der Waals surface area contributed by atoms with Crippen molar-refractivity contribution in [3.05, 3.63) is 71.2 Å². The molecule has 7 heteroatoms. The second kappa shape index (κ2) is 5.27. The Hall–Kier alpha value is -3.48. The summed E-state index contributed by atoms with van der Waals surface area (Å²) in [5.74, 6) is -2.83. The number of hydrogen-bond donors (Lipinski definition) is 0. The van der Waals surface area contributed by atoms with Gasteiger partial charge in [0.2, 0.25) is 0 Å². The van der Waals surface area contributed by atoms with Gasteiger partial charge in [-0.25, -0.2) is 9.18 Å². The number of carbonyl (C=O) groups excluding carboxylic acids is 3. The molecular weight excluding hydrogens is 327 g/mol. The van der Waals surface area contributed by atoms with Crippen LogP contribution in [0.2, 0.25) is 0 Å². The average Bonchev–Trinajstić information content (AvgIpc) is 3.05. The Bertz CT molecular complexity index is 1040. The minimum absolute atomic E-state index is 0.0635. The molecule has 1 aromatic heterocycles. The molecule has 0 N–H and O–H groups in total. The highest BCUT2D eigenvalue weighted by molar-refractivity contribution is 6.21. The zero-order valence-electron chi connectivity index (χ0n) is 13.0. The molecule has 0 fully saturated rings. The Morgan fingerprint density at radius 3 is 2.32 bits per heavy atom. The van der Waals surface area contributed by atoms with E-state index in [0.29, 0.717) is 16.0 Å². The third-order valence-electron chi connectivity index (χ3n) is 4.10. The smallest absolute Gasteiger partial charge is 0.350 e. The number of rotatable bonds is 2. The first-order valence-electron chi connectivity index (χ1n) is 7.42. The lowest BCUT2D eigenvalue weighted by Crippen LogP contribution is -2.32. The van der Waals surface area contributed by atoms with Gasteiger partial charge in [0.15, 0.2) is 0 Å². The number of nitrogens with zero attached hydrogens (tertiary/aromatic N) is 2. The second-order valence-electron chi connectivity index (χ2n) is 5.64. The van der Waals surface area contributed by atoms with Gasteiger partial charge in [0.1, 0.15) is 5.82 Å². The van der Waals surface area contributed by atoms with E-state index < -0.39 is 23.6 Å². The number of benzene rings is 2. The molecule has 2 amide bonds. The van der Waals surface area contributed by atoms with Crippen molar-refractivity contribution in [3.63, 3.8) is 0 Å². The van der Waals surface area contributed by atoms with Crippen LogP contribution in [0.4, 0.5) is 4.39 Å². The fraction of sp³-hybridized carbons (Fsp3) is 0.0556. The molecule has 0 unspecified atom stereocenters. The van der Waals surface area contributed by atoms with Crippen molar-refractivity contribution in [2.24, 2.45) is 7.05 Å². The minimum atomic E-state index is -0.911. The number of carbonyl (C=O) groups is 3. The summed E-state index contributed by atoms with van der Waals surface area (Å²) in [5, 5.41) is 0.773. The van der Waals surface area contributed by atoms with Gasteiger partial charge in [-0.2, -0.15) is 0 Å². The number of aromatic nitrogens is 1. The normalized spacial score (nSPS) is 13.4. The Morgan fingerprint density at radius 1 is 1.04 bits per heavy atom. The van der Waals surface area contributed by atoms with Gasteiger partial charge < -0.3 is 9.40 Å². The van der Waals surface area contributed by atoms with E-state index in [9.17, 15) is 18.8 Å². The van der Waals surface area contributed by atoms with E-state index in [1.165, 1.54) is 36.5 Å². The minimum Gasteiger partial charge on any atom is -0.350 e. The molecule has 1 aliphatic rings. The van der Waals surface area contributed by atoms with Crippen LogP contribution in [0.15, 0.2) is 48.7 Å². The summed E-state index contributed by atoms with van der Waals surface area (Å²) in [7, 11) is 1.69. The summed E-state index contributed by atoms with van der Waals surface area (Å²) in [6.45, 7) is 0. The number of hydroxylamine groups is 2. The number of amides is 2. The summed E-state index contributed by atoms with van der Waals surface area (Å²) < 4.78 is 15.2. The fourth-order valence-corrected chi connectivity index (χ4v) is 2.91. The molecule has 0 saturated heterocycles. The topological polar surface area (TPSA) is 68.6 Å². The van der Waals surface area contributed by atoms with E-state index in [4.69, 9.17) is 4.84 Å². The Kier molecular flexibility index (Phi) is 3.18. The number of halogens is 1.